The molecule has 5 rings (SSSR count). The number of pyridine rings is 1. The third-order valence-corrected chi connectivity index (χ3v) is 6.21. The van der Waals surface area contributed by atoms with Gasteiger partial charge in [-0.2, -0.15) is 0 Å². The van der Waals surface area contributed by atoms with Crippen molar-refractivity contribution in [3.05, 3.63) is 79.1 Å². The molecular weight excluding hydrogens is 454 g/mol. The van der Waals surface area contributed by atoms with E-state index in [1.807, 2.05) is 30.3 Å². The first-order valence-corrected chi connectivity index (χ1v) is 11.9. The molecule has 36 heavy (non-hydrogen) atoms. The van der Waals surface area contributed by atoms with Gasteiger partial charge in [-0.25, -0.2) is 4.98 Å². The second kappa shape index (κ2) is 10.0. The molecule has 2 bridgehead atoms. The molecule has 3 heterocycles. The average molecular weight is 482 g/mol. The number of nitrogens with zero attached hydrogens (tertiary/aromatic N) is 3. The van der Waals surface area contributed by atoms with Gasteiger partial charge in [0.2, 0.25) is 11.9 Å². The summed E-state index contributed by atoms with van der Waals surface area (Å²) in [4.78, 5) is 34.5. The summed E-state index contributed by atoms with van der Waals surface area (Å²) < 4.78 is 8.20. The van der Waals surface area contributed by atoms with Crippen LogP contribution in [0.3, 0.4) is 0 Å². The molecule has 2 amide bonds. The number of carbonyl (C=O) groups is 2. The zero-order chi connectivity index (χ0) is 25.1. The quantitative estimate of drug-likeness (QED) is 0.380. The van der Waals surface area contributed by atoms with Gasteiger partial charge in [-0.3, -0.25) is 19.9 Å². The number of hydrogen-bond donors (Lipinski definition) is 2. The van der Waals surface area contributed by atoms with E-state index >= 15 is 0 Å². The molecule has 8 nitrogen and oxygen atoms in total. The number of para-hydroxylation sites is 2. The van der Waals surface area contributed by atoms with E-state index in [-0.39, 0.29) is 11.8 Å². The van der Waals surface area contributed by atoms with Gasteiger partial charge in [-0.05, 0) is 66.8 Å². The Hall–Kier alpha value is -4.46. The van der Waals surface area contributed by atoms with E-state index in [1.54, 1.807) is 30.6 Å². The lowest BCUT2D eigenvalue weighted by molar-refractivity contribution is -0.111. The molecule has 0 aliphatic carbocycles. The first-order valence-electron chi connectivity index (χ1n) is 11.9. The van der Waals surface area contributed by atoms with Crippen LogP contribution in [-0.2, 0) is 11.3 Å². The summed E-state index contributed by atoms with van der Waals surface area (Å²) in [5.74, 6) is 0.790. The van der Waals surface area contributed by atoms with Crippen LogP contribution in [0.4, 0.5) is 11.6 Å². The smallest absolute Gasteiger partial charge is 0.258 e. The normalized spacial score (nSPS) is 15.9. The van der Waals surface area contributed by atoms with E-state index in [1.165, 1.54) is 6.08 Å². The number of imidazole rings is 1. The van der Waals surface area contributed by atoms with E-state index in [2.05, 4.69) is 33.7 Å². The third-order valence-electron chi connectivity index (χ3n) is 6.21. The van der Waals surface area contributed by atoms with E-state index in [0.717, 1.165) is 29.4 Å². The molecule has 0 saturated heterocycles. The molecule has 8 heteroatoms. The average Bonchev–Trinajstić information content (AvgIpc) is 3.22. The van der Waals surface area contributed by atoms with Crippen molar-refractivity contribution in [2.45, 2.75) is 26.3 Å². The van der Waals surface area contributed by atoms with Crippen LogP contribution in [0.5, 0.6) is 5.75 Å². The Balaban J connectivity index is 1.63. The monoisotopic (exact) mass is 481 g/mol. The molecular formula is C28H27N5O3. The van der Waals surface area contributed by atoms with Gasteiger partial charge in [0.15, 0.2) is 0 Å². The molecule has 4 aromatic rings. The number of carbonyl (C=O) groups excluding carboxylic acids is 2. The highest BCUT2D eigenvalue weighted by Crippen LogP contribution is 2.33. The maximum atomic E-state index is 13.5. The maximum Gasteiger partial charge on any atom is 0.258 e. The molecule has 2 aromatic heterocycles. The summed E-state index contributed by atoms with van der Waals surface area (Å²) in [7, 11) is 0. The molecule has 2 aromatic carbocycles. The number of nitrogens with one attached hydrogen (secondary N) is 2. The Morgan fingerprint density at radius 2 is 2.06 bits per heavy atom. The number of hydrogen-bond acceptors (Lipinski definition) is 5. The van der Waals surface area contributed by atoms with Crippen LogP contribution in [0.2, 0.25) is 0 Å². The lowest BCUT2D eigenvalue weighted by Crippen LogP contribution is -2.18. The second-order valence-electron chi connectivity index (χ2n) is 8.95. The van der Waals surface area contributed by atoms with Crippen molar-refractivity contribution in [3.63, 3.8) is 0 Å². The Bertz CT molecular complexity index is 1460. The minimum atomic E-state index is -0.372. The van der Waals surface area contributed by atoms with Gasteiger partial charge in [0.25, 0.3) is 5.91 Å². The minimum absolute atomic E-state index is 0.337. The van der Waals surface area contributed by atoms with Crippen LogP contribution < -0.4 is 15.4 Å². The number of amides is 2. The molecule has 1 atom stereocenters. The number of anilines is 2. The largest absolute Gasteiger partial charge is 0.493 e. The summed E-state index contributed by atoms with van der Waals surface area (Å²) >= 11 is 0. The topological polar surface area (TPSA) is 98.1 Å². The van der Waals surface area contributed by atoms with Gasteiger partial charge in [-0.15, -0.1) is 0 Å². The minimum Gasteiger partial charge on any atom is -0.493 e. The van der Waals surface area contributed by atoms with Crippen molar-refractivity contribution in [1.29, 1.82) is 0 Å². The van der Waals surface area contributed by atoms with Crippen LogP contribution in [0.15, 0.2) is 73.6 Å². The Labute approximate surface area is 209 Å². The van der Waals surface area contributed by atoms with Crippen molar-refractivity contribution >= 4 is 34.5 Å². The third kappa shape index (κ3) is 4.84. The number of fused-ring (bicyclic) bond motifs is 7. The van der Waals surface area contributed by atoms with Gasteiger partial charge in [-0.1, -0.05) is 25.6 Å². The fraction of sp³-hybridized carbons (Fsp3) is 0.214. The lowest BCUT2D eigenvalue weighted by atomic mass is 10.0. The van der Waals surface area contributed by atoms with Crippen LogP contribution in [0.1, 0.15) is 30.1 Å². The zero-order valence-electron chi connectivity index (χ0n) is 20.0. The van der Waals surface area contributed by atoms with Crippen molar-refractivity contribution in [3.8, 4) is 16.9 Å². The number of benzene rings is 2. The predicted octanol–water partition coefficient (Wildman–Crippen LogP) is 5.28. The fourth-order valence-electron chi connectivity index (χ4n) is 4.45. The first-order chi connectivity index (χ1) is 17.5. The maximum absolute atomic E-state index is 13.5. The second-order valence-corrected chi connectivity index (χ2v) is 8.95. The van der Waals surface area contributed by atoms with Gasteiger partial charge >= 0.3 is 0 Å². The van der Waals surface area contributed by atoms with Crippen LogP contribution in [0.25, 0.3) is 22.2 Å². The van der Waals surface area contributed by atoms with Crippen molar-refractivity contribution < 1.29 is 14.3 Å². The Morgan fingerprint density at radius 1 is 1.22 bits per heavy atom. The Morgan fingerprint density at radius 3 is 2.92 bits per heavy atom. The van der Waals surface area contributed by atoms with Gasteiger partial charge in [0.05, 0.1) is 17.6 Å². The number of aromatic nitrogens is 3. The molecule has 0 spiro atoms. The highest BCUT2D eigenvalue weighted by Gasteiger charge is 2.19. The molecule has 182 valence electrons. The van der Waals surface area contributed by atoms with E-state index in [4.69, 9.17) is 9.72 Å². The molecule has 1 aliphatic heterocycles. The van der Waals surface area contributed by atoms with Crippen molar-refractivity contribution in [1.82, 2.24) is 14.5 Å². The predicted molar refractivity (Wildman–Crippen MR) is 140 cm³/mol. The molecule has 0 saturated carbocycles. The van der Waals surface area contributed by atoms with Crippen LogP contribution in [0, 0.1) is 5.92 Å². The first kappa shape index (κ1) is 23.3. The standard InChI is InChI=1S/C28H27N5O3/c1-3-26(34)30-21-14-19-13-20(15-21)27(35)32-28-31-23-8-4-5-9-24(23)33(28)17-18(2)7-6-12-36-25-10-11-29-16-22(19)25/h3-5,8-11,13-16,18H,1,6-7,12,17H2,2H3,(H,30,34)(H,31,32,35)/t18-/m1/s1. The summed E-state index contributed by atoms with van der Waals surface area (Å²) in [6.07, 6.45) is 6.38. The molecule has 0 fully saturated rings. The molecule has 0 radical (unpaired) electrons. The van der Waals surface area contributed by atoms with Gasteiger partial charge < -0.3 is 14.6 Å². The van der Waals surface area contributed by atoms with Gasteiger partial charge in [0.1, 0.15) is 5.75 Å². The lowest BCUT2D eigenvalue weighted by Gasteiger charge is -2.16. The summed E-state index contributed by atoms with van der Waals surface area (Å²) in [6.45, 7) is 6.96. The SMILES string of the molecule is C=CC(=O)Nc1cc2cc(c1)-c1cnccc1OCCC[C@@H](C)Cn1c(nc3ccccc31)NC2=O. The van der Waals surface area contributed by atoms with E-state index in [0.29, 0.717) is 47.6 Å². The van der Waals surface area contributed by atoms with Gasteiger partial charge in [0, 0.05) is 35.8 Å². The highest BCUT2D eigenvalue weighted by atomic mass is 16.5. The molecule has 2 N–H and O–H groups in total. The van der Waals surface area contributed by atoms with Crippen molar-refractivity contribution in [2.75, 3.05) is 17.2 Å². The van der Waals surface area contributed by atoms with E-state index in [9.17, 15) is 9.59 Å². The Kier molecular flexibility index (Phi) is 6.49. The number of ether oxygens (including phenoxy) is 1. The highest BCUT2D eigenvalue weighted by molar-refractivity contribution is 6.07. The molecule has 1 aliphatic rings. The summed E-state index contributed by atoms with van der Waals surface area (Å²) in [6, 6.07) is 14.8. The van der Waals surface area contributed by atoms with Crippen molar-refractivity contribution in [2.24, 2.45) is 5.92 Å². The summed E-state index contributed by atoms with van der Waals surface area (Å²) in [5.41, 5.74) is 4.04. The molecule has 0 unspecified atom stereocenters. The zero-order valence-corrected chi connectivity index (χ0v) is 20.0. The van der Waals surface area contributed by atoms with E-state index < -0.39 is 0 Å². The van der Waals surface area contributed by atoms with Crippen LogP contribution in [-0.4, -0.2) is 33.0 Å². The fourth-order valence-corrected chi connectivity index (χ4v) is 4.45. The number of rotatable bonds is 2. The summed E-state index contributed by atoms with van der Waals surface area (Å²) in [5, 5.41) is 5.76. The van der Waals surface area contributed by atoms with Crippen LogP contribution >= 0.6 is 0 Å².